The van der Waals surface area contributed by atoms with Crippen LogP contribution in [0.4, 0.5) is 17.5 Å². The van der Waals surface area contributed by atoms with Gasteiger partial charge in [-0.25, -0.2) is 4.98 Å². The highest BCUT2D eigenvalue weighted by Gasteiger charge is 2.44. The number of benzene rings is 2. The van der Waals surface area contributed by atoms with Gasteiger partial charge in [0.2, 0.25) is 5.95 Å². The SMILES string of the molecule is [2H]C([2H])(O)[C@@H](Nc1nc(Nc2ccc3c(=O)[nH]n(CC=C)c3c2)ncc1-c1nc(C23CCN(CC2)CC3)no1)c1ccccc1. The van der Waals surface area contributed by atoms with Crippen LogP contribution in [0.5, 0.6) is 0 Å². The lowest BCUT2D eigenvalue weighted by atomic mass is 9.71. The van der Waals surface area contributed by atoms with E-state index in [0.717, 1.165) is 38.9 Å². The fraction of sp³-hybridized carbons (Fsp3) is 0.323. The van der Waals surface area contributed by atoms with Crippen molar-refractivity contribution in [1.29, 1.82) is 0 Å². The van der Waals surface area contributed by atoms with Crippen molar-refractivity contribution in [3.05, 3.63) is 89.1 Å². The molecule has 3 aromatic heterocycles. The molecule has 43 heavy (non-hydrogen) atoms. The molecule has 5 aromatic rings. The van der Waals surface area contributed by atoms with E-state index < -0.39 is 12.6 Å². The number of aliphatic hydroxyl groups is 1. The molecular weight excluding hydrogens is 546 g/mol. The van der Waals surface area contributed by atoms with Crippen LogP contribution < -0.4 is 16.2 Å². The van der Waals surface area contributed by atoms with Gasteiger partial charge in [-0.05, 0) is 62.7 Å². The zero-order valence-electron chi connectivity index (χ0n) is 25.5. The molecule has 1 atom stereocenters. The highest BCUT2D eigenvalue weighted by Crippen LogP contribution is 2.42. The Morgan fingerprint density at radius 3 is 2.70 bits per heavy atom. The second-order valence-corrected chi connectivity index (χ2v) is 11.1. The number of allylic oxidation sites excluding steroid dienone is 1. The van der Waals surface area contributed by atoms with Crippen molar-refractivity contribution in [2.45, 2.75) is 37.3 Å². The molecule has 3 saturated heterocycles. The molecule has 220 valence electrons. The summed E-state index contributed by atoms with van der Waals surface area (Å²) in [5.74, 6) is 1.25. The molecule has 0 saturated carbocycles. The smallest absolute Gasteiger partial charge is 0.271 e. The van der Waals surface area contributed by atoms with Crippen LogP contribution in [0.2, 0.25) is 0 Å². The first-order valence-corrected chi connectivity index (χ1v) is 14.3. The average Bonchev–Trinajstić information content (AvgIpc) is 3.66. The summed E-state index contributed by atoms with van der Waals surface area (Å²) in [5, 5.41) is 24.6. The first-order chi connectivity index (χ1) is 21.7. The molecule has 12 nitrogen and oxygen atoms in total. The van der Waals surface area contributed by atoms with Gasteiger partial charge < -0.3 is 25.2 Å². The Morgan fingerprint density at radius 1 is 1.16 bits per heavy atom. The maximum atomic E-state index is 12.4. The first kappa shape index (κ1) is 24.8. The number of nitrogens with one attached hydrogen (secondary N) is 3. The maximum Gasteiger partial charge on any atom is 0.271 e. The molecule has 3 fully saturated rings. The molecular formula is C31H33N9O3. The third kappa shape index (κ3) is 5.08. The summed E-state index contributed by atoms with van der Waals surface area (Å²) >= 11 is 0. The molecule has 0 unspecified atom stereocenters. The summed E-state index contributed by atoms with van der Waals surface area (Å²) in [6.07, 6.45) is 6.11. The van der Waals surface area contributed by atoms with E-state index in [9.17, 15) is 9.90 Å². The second-order valence-electron chi connectivity index (χ2n) is 11.1. The van der Waals surface area contributed by atoms with Crippen molar-refractivity contribution in [3.63, 3.8) is 0 Å². The van der Waals surface area contributed by atoms with E-state index in [1.807, 2.05) is 6.07 Å². The monoisotopic (exact) mass is 581 g/mol. The summed E-state index contributed by atoms with van der Waals surface area (Å²) in [7, 11) is 0. The van der Waals surface area contributed by atoms with Gasteiger partial charge in [-0.2, -0.15) is 9.97 Å². The normalized spacial score (nSPS) is 21.3. The molecule has 6 heterocycles. The number of H-pyrrole nitrogens is 1. The van der Waals surface area contributed by atoms with Crippen LogP contribution in [0, 0.1) is 0 Å². The van der Waals surface area contributed by atoms with E-state index in [4.69, 9.17) is 17.2 Å². The van der Waals surface area contributed by atoms with Crippen molar-refractivity contribution in [2.24, 2.45) is 0 Å². The Bertz CT molecular complexity index is 1890. The minimum Gasteiger partial charge on any atom is -0.394 e. The molecule has 0 spiro atoms. The zero-order valence-corrected chi connectivity index (χ0v) is 23.5. The van der Waals surface area contributed by atoms with Gasteiger partial charge in [0.15, 0.2) is 5.82 Å². The molecule has 2 bridgehead atoms. The fourth-order valence-corrected chi connectivity index (χ4v) is 6.06. The lowest BCUT2D eigenvalue weighted by molar-refractivity contribution is 0.0747. The quantitative estimate of drug-likeness (QED) is 0.178. The minimum atomic E-state index is -2.65. The third-order valence-corrected chi connectivity index (χ3v) is 8.52. The van der Waals surface area contributed by atoms with Crippen LogP contribution in [-0.2, 0) is 12.0 Å². The van der Waals surface area contributed by atoms with Gasteiger partial charge in [0.05, 0.1) is 32.8 Å². The summed E-state index contributed by atoms with van der Waals surface area (Å²) < 4.78 is 23.9. The van der Waals surface area contributed by atoms with Crippen molar-refractivity contribution in [2.75, 3.05) is 36.8 Å². The molecule has 2 aromatic carbocycles. The predicted molar refractivity (Wildman–Crippen MR) is 163 cm³/mol. The van der Waals surface area contributed by atoms with E-state index in [1.54, 1.807) is 53.2 Å². The largest absolute Gasteiger partial charge is 0.394 e. The summed E-state index contributed by atoms with van der Waals surface area (Å²) in [6.45, 7) is 4.54. The zero-order chi connectivity index (χ0) is 31.2. The standard InChI is InChI=1S/C31H33N9O3/c1-2-13-40-25-17-21(8-9-22(25)27(42)37-40)33-30-32-18-23(26(35-30)34-24(19-41)20-6-4-3-5-7-20)28-36-29(38-43-28)31-10-14-39(15-11-31)16-12-31/h2-9,17-18,24,41H,1,10-16,19H2,(H,37,42)(H2,32,33,34,35)/t24-/m1/s1/i19D2. The van der Waals surface area contributed by atoms with Crippen molar-refractivity contribution < 1.29 is 12.4 Å². The van der Waals surface area contributed by atoms with E-state index in [1.165, 1.54) is 6.20 Å². The second kappa shape index (κ2) is 11.1. The van der Waals surface area contributed by atoms with Gasteiger partial charge in [0.25, 0.3) is 11.4 Å². The first-order valence-electron chi connectivity index (χ1n) is 15.3. The van der Waals surface area contributed by atoms with Crippen LogP contribution >= 0.6 is 0 Å². The van der Waals surface area contributed by atoms with Gasteiger partial charge in [0.1, 0.15) is 11.4 Å². The van der Waals surface area contributed by atoms with Crippen molar-refractivity contribution in [1.82, 2.24) is 34.8 Å². The Morgan fingerprint density at radius 2 is 1.95 bits per heavy atom. The van der Waals surface area contributed by atoms with Gasteiger partial charge in [-0.1, -0.05) is 41.6 Å². The topological polar surface area (TPSA) is 150 Å². The molecule has 0 aliphatic carbocycles. The molecule has 12 heteroatoms. The number of anilines is 3. The third-order valence-electron chi connectivity index (χ3n) is 8.52. The maximum absolute atomic E-state index is 12.4. The Hall–Kier alpha value is -4.81. The van der Waals surface area contributed by atoms with E-state index >= 15 is 0 Å². The molecule has 8 rings (SSSR count). The van der Waals surface area contributed by atoms with E-state index in [0.29, 0.717) is 40.1 Å². The Kier molecular flexibility index (Phi) is 6.40. The minimum absolute atomic E-state index is 0.134. The number of fused-ring (bicyclic) bond motifs is 4. The van der Waals surface area contributed by atoms with Crippen LogP contribution in [0.15, 0.2) is 76.7 Å². The van der Waals surface area contributed by atoms with E-state index in [2.05, 4.69) is 37.4 Å². The van der Waals surface area contributed by atoms with Crippen LogP contribution in [0.25, 0.3) is 22.4 Å². The molecule has 4 N–H and O–H groups in total. The van der Waals surface area contributed by atoms with Crippen LogP contribution in [0.3, 0.4) is 0 Å². The Labute approximate surface area is 250 Å². The fourth-order valence-electron chi connectivity index (χ4n) is 6.06. The number of nitrogens with zero attached hydrogens (tertiary/aromatic N) is 6. The summed E-state index contributed by atoms with van der Waals surface area (Å²) in [5.41, 5.74) is 1.86. The van der Waals surface area contributed by atoms with Crippen LogP contribution in [-0.4, -0.2) is 66.1 Å². The summed E-state index contributed by atoms with van der Waals surface area (Å²) in [6, 6.07) is 12.9. The molecule has 0 amide bonds. The number of rotatable bonds is 10. The summed E-state index contributed by atoms with van der Waals surface area (Å²) in [4.78, 5) is 28.8. The van der Waals surface area contributed by atoms with Gasteiger partial charge >= 0.3 is 0 Å². The molecule has 3 aliphatic heterocycles. The van der Waals surface area contributed by atoms with Crippen LogP contribution in [0.1, 0.15) is 39.4 Å². The number of hydrogen-bond acceptors (Lipinski definition) is 10. The van der Waals surface area contributed by atoms with E-state index in [-0.39, 0.29) is 28.6 Å². The van der Waals surface area contributed by atoms with Gasteiger partial charge in [-0.3, -0.25) is 14.6 Å². The number of aromatic nitrogens is 6. The lowest BCUT2D eigenvalue weighted by Gasteiger charge is -2.46. The van der Waals surface area contributed by atoms with Gasteiger partial charge in [0, 0.05) is 17.3 Å². The Balaban J connectivity index is 1.27. The van der Waals surface area contributed by atoms with Crippen molar-refractivity contribution in [3.8, 4) is 11.5 Å². The number of aromatic amines is 1. The molecule has 0 radical (unpaired) electrons. The van der Waals surface area contributed by atoms with Crippen molar-refractivity contribution >= 4 is 28.4 Å². The lowest BCUT2D eigenvalue weighted by Crippen LogP contribution is -2.51. The average molecular weight is 582 g/mol. The highest BCUT2D eigenvalue weighted by atomic mass is 16.5. The number of hydrogen-bond donors (Lipinski definition) is 4. The predicted octanol–water partition coefficient (Wildman–Crippen LogP) is 3.98. The molecule has 3 aliphatic rings. The number of piperidine rings is 3. The highest BCUT2D eigenvalue weighted by molar-refractivity contribution is 5.83. The van der Waals surface area contributed by atoms with Gasteiger partial charge in [-0.15, -0.1) is 6.58 Å².